The molecule has 1 amide bonds. The first-order valence-electron chi connectivity index (χ1n) is 6.38. The fourth-order valence-corrected chi connectivity index (χ4v) is 2.76. The highest BCUT2D eigenvalue weighted by Crippen LogP contribution is 2.37. The van der Waals surface area contributed by atoms with E-state index in [4.69, 9.17) is 0 Å². The van der Waals surface area contributed by atoms with Crippen molar-refractivity contribution in [2.45, 2.75) is 45.6 Å². The van der Waals surface area contributed by atoms with Crippen LogP contribution in [0.25, 0.3) is 0 Å². The number of aromatic nitrogens is 2. The number of hydrogen-bond acceptors (Lipinski definition) is 2. The Bertz CT molecular complexity index is 408. The quantitative estimate of drug-likeness (QED) is 0.806. The highest BCUT2D eigenvalue weighted by molar-refractivity contribution is 5.65. The Kier molecular flexibility index (Phi) is 3.32. The fourth-order valence-electron chi connectivity index (χ4n) is 2.76. The molecule has 0 aromatic carbocycles. The van der Waals surface area contributed by atoms with E-state index in [0.29, 0.717) is 12.5 Å². The molecule has 2 heterocycles. The predicted molar refractivity (Wildman–Crippen MR) is 68.5 cm³/mol. The third-order valence-corrected chi connectivity index (χ3v) is 3.75. The molecule has 1 aliphatic rings. The Balaban J connectivity index is 2.18. The lowest BCUT2D eigenvalue weighted by Gasteiger charge is -2.44. The van der Waals surface area contributed by atoms with Gasteiger partial charge in [0.05, 0.1) is 0 Å². The SMILES string of the molecule is CC(C)(C)C1CC(c2ncc[nH]2)CCN1C(=O)O. The van der Waals surface area contributed by atoms with Crippen LogP contribution in [0.15, 0.2) is 12.4 Å². The Hall–Kier alpha value is -1.52. The Morgan fingerprint density at radius 2 is 2.28 bits per heavy atom. The third-order valence-electron chi connectivity index (χ3n) is 3.75. The summed E-state index contributed by atoms with van der Waals surface area (Å²) in [5.74, 6) is 1.31. The molecule has 0 saturated carbocycles. The summed E-state index contributed by atoms with van der Waals surface area (Å²) in [6.07, 6.45) is 4.44. The Labute approximate surface area is 107 Å². The van der Waals surface area contributed by atoms with Crippen molar-refractivity contribution in [3.8, 4) is 0 Å². The summed E-state index contributed by atoms with van der Waals surface area (Å²) in [6, 6.07) is 0.0406. The molecule has 2 N–H and O–H groups in total. The fraction of sp³-hybridized carbons (Fsp3) is 0.692. The standard InChI is InChI=1S/C13H21N3O2/c1-13(2,3)10-8-9(11-14-5-6-15-11)4-7-16(10)12(17)18/h5-6,9-10H,4,7-8H2,1-3H3,(H,14,15)(H,17,18). The van der Waals surface area contributed by atoms with E-state index >= 15 is 0 Å². The lowest BCUT2D eigenvalue weighted by Crippen LogP contribution is -2.51. The van der Waals surface area contributed by atoms with Crippen LogP contribution in [0.5, 0.6) is 0 Å². The number of aromatic amines is 1. The van der Waals surface area contributed by atoms with Crippen molar-refractivity contribution < 1.29 is 9.90 Å². The minimum absolute atomic E-state index is 0.0406. The number of H-pyrrole nitrogens is 1. The number of nitrogens with zero attached hydrogens (tertiary/aromatic N) is 2. The molecule has 1 saturated heterocycles. The lowest BCUT2D eigenvalue weighted by atomic mass is 9.77. The van der Waals surface area contributed by atoms with E-state index in [2.05, 4.69) is 30.7 Å². The summed E-state index contributed by atoms with van der Waals surface area (Å²) in [5.41, 5.74) is -0.0519. The number of carboxylic acid groups (broad SMARTS) is 1. The number of hydrogen-bond donors (Lipinski definition) is 2. The maximum atomic E-state index is 11.3. The van der Waals surface area contributed by atoms with Gasteiger partial charge in [-0.3, -0.25) is 0 Å². The molecule has 1 aliphatic heterocycles. The van der Waals surface area contributed by atoms with Crippen molar-refractivity contribution in [2.24, 2.45) is 5.41 Å². The van der Waals surface area contributed by atoms with Crippen molar-refractivity contribution in [1.29, 1.82) is 0 Å². The van der Waals surface area contributed by atoms with Crippen LogP contribution in [-0.2, 0) is 0 Å². The molecule has 0 aliphatic carbocycles. The van der Waals surface area contributed by atoms with Crippen LogP contribution in [0, 0.1) is 5.41 Å². The summed E-state index contributed by atoms with van der Waals surface area (Å²) < 4.78 is 0. The lowest BCUT2D eigenvalue weighted by molar-refractivity contribution is 0.0516. The molecular formula is C13H21N3O2. The summed E-state index contributed by atoms with van der Waals surface area (Å²) in [4.78, 5) is 20.3. The number of nitrogens with one attached hydrogen (secondary N) is 1. The molecule has 18 heavy (non-hydrogen) atoms. The number of likely N-dealkylation sites (tertiary alicyclic amines) is 1. The van der Waals surface area contributed by atoms with Crippen LogP contribution in [-0.4, -0.2) is 38.7 Å². The topological polar surface area (TPSA) is 69.2 Å². The second kappa shape index (κ2) is 4.63. The zero-order valence-corrected chi connectivity index (χ0v) is 11.2. The van der Waals surface area contributed by atoms with E-state index in [1.807, 2.05) is 6.20 Å². The van der Waals surface area contributed by atoms with Crippen LogP contribution in [0.3, 0.4) is 0 Å². The highest BCUT2D eigenvalue weighted by Gasteiger charge is 2.39. The summed E-state index contributed by atoms with van der Waals surface area (Å²) in [5, 5.41) is 9.29. The number of amides is 1. The normalized spacial score (nSPS) is 25.2. The van der Waals surface area contributed by atoms with Crippen LogP contribution in [0.2, 0.25) is 0 Å². The van der Waals surface area contributed by atoms with Gasteiger partial charge in [-0.1, -0.05) is 20.8 Å². The largest absolute Gasteiger partial charge is 0.465 e. The molecule has 0 radical (unpaired) electrons. The van der Waals surface area contributed by atoms with Gasteiger partial charge in [0.2, 0.25) is 0 Å². The molecule has 1 aromatic heterocycles. The Morgan fingerprint density at radius 3 is 2.78 bits per heavy atom. The van der Waals surface area contributed by atoms with E-state index in [-0.39, 0.29) is 11.5 Å². The molecule has 5 heteroatoms. The van der Waals surface area contributed by atoms with E-state index in [9.17, 15) is 9.90 Å². The molecule has 0 bridgehead atoms. The van der Waals surface area contributed by atoms with Gasteiger partial charge in [-0.2, -0.15) is 0 Å². The Morgan fingerprint density at radius 1 is 1.56 bits per heavy atom. The van der Waals surface area contributed by atoms with Crippen molar-refractivity contribution in [2.75, 3.05) is 6.54 Å². The molecule has 1 fully saturated rings. The number of carbonyl (C=O) groups is 1. The number of imidazole rings is 1. The first-order valence-corrected chi connectivity index (χ1v) is 6.38. The van der Waals surface area contributed by atoms with Gasteiger partial charge in [0.15, 0.2) is 0 Å². The van der Waals surface area contributed by atoms with Crippen molar-refractivity contribution in [1.82, 2.24) is 14.9 Å². The number of rotatable bonds is 1. The zero-order valence-electron chi connectivity index (χ0n) is 11.2. The summed E-state index contributed by atoms with van der Waals surface area (Å²) in [7, 11) is 0. The van der Waals surface area contributed by atoms with E-state index in [1.54, 1.807) is 11.1 Å². The minimum atomic E-state index is -0.812. The molecule has 5 nitrogen and oxygen atoms in total. The second-order valence-electron chi connectivity index (χ2n) is 6.05. The molecule has 1 aromatic rings. The van der Waals surface area contributed by atoms with Gasteiger partial charge in [0.1, 0.15) is 5.82 Å². The summed E-state index contributed by atoms with van der Waals surface area (Å²) in [6.45, 7) is 6.87. The van der Waals surface area contributed by atoms with Crippen molar-refractivity contribution >= 4 is 6.09 Å². The monoisotopic (exact) mass is 251 g/mol. The molecule has 100 valence electrons. The van der Waals surface area contributed by atoms with E-state index in [0.717, 1.165) is 18.7 Å². The van der Waals surface area contributed by atoms with Gasteiger partial charge in [-0.05, 0) is 18.3 Å². The molecule has 2 atom stereocenters. The first-order chi connectivity index (χ1) is 8.39. The smallest absolute Gasteiger partial charge is 0.407 e. The third kappa shape index (κ3) is 2.49. The molecular weight excluding hydrogens is 230 g/mol. The maximum absolute atomic E-state index is 11.3. The highest BCUT2D eigenvalue weighted by atomic mass is 16.4. The minimum Gasteiger partial charge on any atom is -0.465 e. The molecule has 0 spiro atoms. The van der Waals surface area contributed by atoms with Crippen molar-refractivity contribution in [3.05, 3.63) is 18.2 Å². The zero-order chi connectivity index (χ0) is 13.3. The average Bonchev–Trinajstić information content (AvgIpc) is 2.80. The van der Waals surface area contributed by atoms with E-state index in [1.165, 1.54) is 0 Å². The number of piperidine rings is 1. The van der Waals surface area contributed by atoms with Gasteiger partial charge in [0.25, 0.3) is 0 Å². The van der Waals surface area contributed by atoms with Gasteiger partial charge in [0, 0.05) is 30.9 Å². The van der Waals surface area contributed by atoms with Crippen LogP contribution in [0.1, 0.15) is 45.4 Å². The van der Waals surface area contributed by atoms with E-state index < -0.39 is 6.09 Å². The average molecular weight is 251 g/mol. The van der Waals surface area contributed by atoms with Gasteiger partial charge >= 0.3 is 6.09 Å². The van der Waals surface area contributed by atoms with Gasteiger partial charge in [-0.25, -0.2) is 9.78 Å². The summed E-state index contributed by atoms with van der Waals surface area (Å²) >= 11 is 0. The van der Waals surface area contributed by atoms with Crippen LogP contribution in [0.4, 0.5) is 4.79 Å². The molecule has 2 rings (SSSR count). The predicted octanol–water partition coefficient (Wildman–Crippen LogP) is 2.68. The van der Waals surface area contributed by atoms with Crippen LogP contribution >= 0.6 is 0 Å². The van der Waals surface area contributed by atoms with Crippen molar-refractivity contribution in [3.63, 3.8) is 0 Å². The maximum Gasteiger partial charge on any atom is 0.407 e. The molecule has 2 unspecified atom stereocenters. The van der Waals surface area contributed by atoms with Crippen LogP contribution < -0.4 is 0 Å². The van der Waals surface area contributed by atoms with Gasteiger partial charge in [-0.15, -0.1) is 0 Å². The van der Waals surface area contributed by atoms with Gasteiger partial charge < -0.3 is 15.0 Å². The first kappa shape index (κ1) is 12.9. The second-order valence-corrected chi connectivity index (χ2v) is 6.05.